The molecule has 0 aromatic heterocycles. The third kappa shape index (κ3) is 4.81. The quantitative estimate of drug-likeness (QED) is 0.875. The van der Waals surface area contributed by atoms with Crippen LogP contribution in [0.15, 0.2) is 24.3 Å². The highest BCUT2D eigenvalue weighted by Crippen LogP contribution is 2.22. The Bertz CT molecular complexity index is 498. The third-order valence-electron chi connectivity index (χ3n) is 4.43. The number of piperazine rings is 1. The minimum absolute atomic E-state index is 0.379. The second kappa shape index (κ2) is 8.28. The topological polar surface area (TPSA) is 42.3 Å². The molecule has 0 amide bonds. The predicted octanol–water partition coefficient (Wildman–Crippen LogP) is 2.23. The molecule has 4 nitrogen and oxygen atoms in total. The van der Waals surface area contributed by atoms with Crippen molar-refractivity contribution in [3.05, 3.63) is 35.4 Å². The number of nitrogens with zero attached hydrogens (tertiary/aromatic N) is 3. The van der Waals surface area contributed by atoms with Crippen LogP contribution in [0.25, 0.3) is 0 Å². The van der Waals surface area contributed by atoms with Gasteiger partial charge in [0.05, 0.1) is 11.6 Å². The minimum Gasteiger partial charge on any atom is -0.313 e. The lowest BCUT2D eigenvalue weighted by Gasteiger charge is -2.38. The fraction of sp³-hybridized carbons (Fsp3) is 0.611. The molecule has 0 aliphatic carbocycles. The van der Waals surface area contributed by atoms with E-state index in [4.69, 9.17) is 5.26 Å². The standard InChI is InChI=1S/C18H28N4/c1-15(2)20-7-8-21-9-11-22(12-10-21)16(3)18-6-4-5-17(13-18)14-19/h4-6,13,15-16,20H,7-12H2,1-3H3. The average molecular weight is 300 g/mol. The summed E-state index contributed by atoms with van der Waals surface area (Å²) >= 11 is 0. The van der Waals surface area contributed by atoms with Gasteiger partial charge in [0.15, 0.2) is 0 Å². The van der Waals surface area contributed by atoms with Crippen molar-refractivity contribution in [2.24, 2.45) is 0 Å². The molecule has 1 aliphatic rings. The normalized spacial score (nSPS) is 18.3. The van der Waals surface area contributed by atoms with Gasteiger partial charge in [0.2, 0.25) is 0 Å². The smallest absolute Gasteiger partial charge is 0.0991 e. The molecule has 1 heterocycles. The second-order valence-electron chi connectivity index (χ2n) is 6.40. The maximum atomic E-state index is 9.03. The van der Waals surface area contributed by atoms with Gasteiger partial charge in [-0.15, -0.1) is 0 Å². The largest absolute Gasteiger partial charge is 0.313 e. The molecule has 1 N–H and O–H groups in total. The Labute approximate surface area is 134 Å². The summed E-state index contributed by atoms with van der Waals surface area (Å²) < 4.78 is 0. The molecule has 2 rings (SSSR count). The van der Waals surface area contributed by atoms with Crippen LogP contribution in [0.3, 0.4) is 0 Å². The Kier molecular flexibility index (Phi) is 6.38. The second-order valence-corrected chi connectivity index (χ2v) is 6.40. The molecule has 1 unspecified atom stereocenters. The molecule has 0 spiro atoms. The Hall–Kier alpha value is -1.41. The number of nitrogens with one attached hydrogen (secondary N) is 1. The molecule has 1 saturated heterocycles. The summed E-state index contributed by atoms with van der Waals surface area (Å²) in [5.74, 6) is 0. The zero-order chi connectivity index (χ0) is 15.9. The SMILES string of the molecule is CC(C)NCCN1CCN(C(C)c2cccc(C#N)c2)CC1. The van der Waals surface area contributed by atoms with E-state index in [2.05, 4.69) is 48.0 Å². The maximum Gasteiger partial charge on any atom is 0.0991 e. The van der Waals surface area contributed by atoms with E-state index in [1.165, 1.54) is 5.56 Å². The first-order chi connectivity index (χ1) is 10.6. The Morgan fingerprint density at radius 3 is 2.55 bits per heavy atom. The van der Waals surface area contributed by atoms with E-state index in [9.17, 15) is 0 Å². The number of benzene rings is 1. The van der Waals surface area contributed by atoms with Crippen LogP contribution in [0.4, 0.5) is 0 Å². The van der Waals surface area contributed by atoms with Crippen LogP contribution in [-0.4, -0.2) is 55.1 Å². The molecule has 120 valence electrons. The van der Waals surface area contributed by atoms with E-state index in [1.54, 1.807) is 0 Å². The van der Waals surface area contributed by atoms with Gasteiger partial charge in [-0.3, -0.25) is 9.80 Å². The Balaban J connectivity index is 1.82. The first-order valence-corrected chi connectivity index (χ1v) is 8.30. The lowest BCUT2D eigenvalue weighted by atomic mass is 10.0. The summed E-state index contributed by atoms with van der Waals surface area (Å²) in [4.78, 5) is 5.05. The van der Waals surface area contributed by atoms with Gasteiger partial charge >= 0.3 is 0 Å². The molecule has 1 atom stereocenters. The van der Waals surface area contributed by atoms with Crippen LogP contribution < -0.4 is 5.32 Å². The van der Waals surface area contributed by atoms with Crippen LogP contribution in [0, 0.1) is 11.3 Å². The van der Waals surface area contributed by atoms with Crippen molar-refractivity contribution in [1.82, 2.24) is 15.1 Å². The Morgan fingerprint density at radius 1 is 1.18 bits per heavy atom. The van der Waals surface area contributed by atoms with E-state index in [0.717, 1.165) is 44.8 Å². The fourth-order valence-electron chi connectivity index (χ4n) is 2.96. The van der Waals surface area contributed by atoms with Gasteiger partial charge < -0.3 is 5.32 Å². The van der Waals surface area contributed by atoms with Crippen molar-refractivity contribution in [3.8, 4) is 6.07 Å². The zero-order valence-corrected chi connectivity index (χ0v) is 14.0. The summed E-state index contributed by atoms with van der Waals surface area (Å²) in [6.45, 7) is 13.3. The molecular formula is C18H28N4. The molecule has 0 bridgehead atoms. The van der Waals surface area contributed by atoms with Gasteiger partial charge in [-0.2, -0.15) is 5.26 Å². The maximum absolute atomic E-state index is 9.03. The summed E-state index contributed by atoms with van der Waals surface area (Å²) in [5, 5.41) is 12.5. The highest BCUT2D eigenvalue weighted by atomic mass is 15.3. The van der Waals surface area contributed by atoms with Crippen molar-refractivity contribution in [1.29, 1.82) is 5.26 Å². The molecule has 1 aromatic carbocycles. The van der Waals surface area contributed by atoms with E-state index in [1.807, 2.05) is 18.2 Å². The zero-order valence-electron chi connectivity index (χ0n) is 14.0. The van der Waals surface area contributed by atoms with Gasteiger partial charge in [-0.1, -0.05) is 26.0 Å². The summed E-state index contributed by atoms with van der Waals surface area (Å²) in [6.07, 6.45) is 0. The molecule has 4 heteroatoms. The van der Waals surface area contributed by atoms with E-state index in [-0.39, 0.29) is 0 Å². The fourth-order valence-corrected chi connectivity index (χ4v) is 2.96. The summed E-state index contributed by atoms with van der Waals surface area (Å²) in [6, 6.07) is 11.2. The van der Waals surface area contributed by atoms with Crippen LogP contribution in [0.2, 0.25) is 0 Å². The average Bonchev–Trinajstić information content (AvgIpc) is 2.54. The van der Waals surface area contributed by atoms with Crippen molar-refractivity contribution >= 4 is 0 Å². The molecule has 22 heavy (non-hydrogen) atoms. The van der Waals surface area contributed by atoms with Crippen LogP contribution in [0.1, 0.15) is 37.9 Å². The first-order valence-electron chi connectivity index (χ1n) is 8.30. The monoisotopic (exact) mass is 300 g/mol. The van der Waals surface area contributed by atoms with Crippen LogP contribution >= 0.6 is 0 Å². The van der Waals surface area contributed by atoms with Crippen molar-refractivity contribution < 1.29 is 0 Å². The lowest BCUT2D eigenvalue weighted by molar-refractivity contribution is 0.102. The van der Waals surface area contributed by atoms with Crippen molar-refractivity contribution in [2.75, 3.05) is 39.3 Å². The molecule has 1 fully saturated rings. The number of hydrogen-bond acceptors (Lipinski definition) is 4. The Morgan fingerprint density at radius 2 is 1.91 bits per heavy atom. The number of rotatable bonds is 6. The highest BCUT2D eigenvalue weighted by molar-refractivity contribution is 5.34. The molecular weight excluding hydrogens is 272 g/mol. The van der Waals surface area contributed by atoms with Crippen LogP contribution in [0.5, 0.6) is 0 Å². The van der Waals surface area contributed by atoms with Gasteiger partial charge in [0, 0.05) is 51.4 Å². The van der Waals surface area contributed by atoms with Crippen molar-refractivity contribution in [3.63, 3.8) is 0 Å². The number of hydrogen-bond donors (Lipinski definition) is 1. The highest BCUT2D eigenvalue weighted by Gasteiger charge is 2.21. The van der Waals surface area contributed by atoms with E-state index in [0.29, 0.717) is 12.1 Å². The number of nitriles is 1. The van der Waals surface area contributed by atoms with E-state index < -0.39 is 0 Å². The lowest BCUT2D eigenvalue weighted by Crippen LogP contribution is -2.49. The first kappa shape index (κ1) is 17.0. The summed E-state index contributed by atoms with van der Waals surface area (Å²) in [7, 11) is 0. The predicted molar refractivity (Wildman–Crippen MR) is 90.7 cm³/mol. The third-order valence-corrected chi connectivity index (χ3v) is 4.43. The van der Waals surface area contributed by atoms with Crippen molar-refractivity contribution in [2.45, 2.75) is 32.9 Å². The van der Waals surface area contributed by atoms with Gasteiger partial charge in [0.1, 0.15) is 0 Å². The van der Waals surface area contributed by atoms with Gasteiger partial charge in [-0.25, -0.2) is 0 Å². The molecule has 1 aliphatic heterocycles. The summed E-state index contributed by atoms with van der Waals surface area (Å²) in [5.41, 5.74) is 2.00. The van der Waals surface area contributed by atoms with Gasteiger partial charge in [-0.05, 0) is 24.6 Å². The minimum atomic E-state index is 0.379. The van der Waals surface area contributed by atoms with E-state index >= 15 is 0 Å². The molecule has 1 aromatic rings. The molecule has 0 radical (unpaired) electrons. The van der Waals surface area contributed by atoms with Crippen LogP contribution in [-0.2, 0) is 0 Å². The molecule has 0 saturated carbocycles. The van der Waals surface area contributed by atoms with Gasteiger partial charge in [0.25, 0.3) is 0 Å².